The van der Waals surface area contributed by atoms with E-state index in [4.69, 9.17) is 0 Å². The Labute approximate surface area is 174 Å². The highest BCUT2D eigenvalue weighted by Gasteiger charge is 2.46. The fourth-order valence-corrected chi connectivity index (χ4v) is 3.59. The van der Waals surface area contributed by atoms with Crippen LogP contribution in [0.1, 0.15) is 17.2 Å². The summed E-state index contributed by atoms with van der Waals surface area (Å²) in [7, 11) is 0. The van der Waals surface area contributed by atoms with Gasteiger partial charge in [0.05, 0.1) is 11.6 Å². The highest BCUT2D eigenvalue weighted by Crippen LogP contribution is 2.42. The van der Waals surface area contributed by atoms with Crippen LogP contribution >= 0.6 is 15.9 Å². The Morgan fingerprint density at radius 2 is 1.59 bits per heavy atom. The van der Waals surface area contributed by atoms with Gasteiger partial charge in [0.1, 0.15) is 11.6 Å². The summed E-state index contributed by atoms with van der Waals surface area (Å²) in [6, 6.07) is 14.5. The van der Waals surface area contributed by atoms with Crippen LogP contribution in [0.25, 0.3) is 5.76 Å². The zero-order valence-corrected chi connectivity index (χ0v) is 16.5. The second-order valence-electron chi connectivity index (χ2n) is 6.43. The van der Waals surface area contributed by atoms with E-state index in [1.165, 1.54) is 29.2 Å². The van der Waals surface area contributed by atoms with E-state index in [9.17, 15) is 19.1 Å². The molecule has 1 saturated heterocycles. The number of aliphatic hydroxyl groups is 1. The molecule has 1 atom stereocenters. The number of halogens is 2. The van der Waals surface area contributed by atoms with Crippen LogP contribution in [-0.2, 0) is 9.59 Å². The monoisotopic (exact) mass is 452 g/mol. The average molecular weight is 453 g/mol. The minimum atomic E-state index is -0.868. The third kappa shape index (κ3) is 3.45. The molecule has 0 spiro atoms. The zero-order chi connectivity index (χ0) is 20.5. The molecule has 1 aliphatic heterocycles. The molecule has 0 radical (unpaired) electrons. The molecular weight excluding hydrogens is 439 g/mol. The van der Waals surface area contributed by atoms with Gasteiger partial charge in [0.2, 0.25) is 0 Å². The fourth-order valence-electron chi connectivity index (χ4n) is 3.32. The number of benzene rings is 2. The van der Waals surface area contributed by atoms with Crippen molar-refractivity contribution in [1.82, 2.24) is 4.98 Å². The minimum absolute atomic E-state index is 0.0344. The summed E-state index contributed by atoms with van der Waals surface area (Å²) in [5.41, 5.74) is 1.32. The number of Topliss-reactive ketones (excluding diaryl/α,β-unsaturated/α-hetero) is 1. The molecule has 1 aliphatic rings. The van der Waals surface area contributed by atoms with E-state index < -0.39 is 23.5 Å². The molecule has 0 bridgehead atoms. The number of nitrogens with zero attached hydrogens (tertiary/aromatic N) is 2. The molecule has 2 heterocycles. The van der Waals surface area contributed by atoms with Gasteiger partial charge in [0.15, 0.2) is 0 Å². The first kappa shape index (κ1) is 19.0. The number of pyridine rings is 1. The number of hydrogen-bond donors (Lipinski definition) is 1. The van der Waals surface area contributed by atoms with Gasteiger partial charge in [0.25, 0.3) is 11.7 Å². The SMILES string of the molecule is O=C1C(=O)N(c2ccc(F)cc2)C(c2ccncc2)/C1=C(/O)c1ccc(Br)cc1. The molecule has 0 saturated carbocycles. The summed E-state index contributed by atoms with van der Waals surface area (Å²) in [6.07, 6.45) is 3.08. The quantitative estimate of drug-likeness (QED) is 0.357. The van der Waals surface area contributed by atoms with Crippen molar-refractivity contribution in [2.75, 3.05) is 4.90 Å². The normalized spacial score (nSPS) is 18.3. The molecule has 4 rings (SSSR count). The maximum Gasteiger partial charge on any atom is 0.300 e. The van der Waals surface area contributed by atoms with Gasteiger partial charge < -0.3 is 5.11 Å². The Kier molecular flexibility index (Phi) is 4.98. The van der Waals surface area contributed by atoms with Crippen molar-refractivity contribution in [3.63, 3.8) is 0 Å². The van der Waals surface area contributed by atoms with E-state index in [-0.39, 0.29) is 11.3 Å². The molecule has 1 amide bonds. The Hall–Kier alpha value is -3.32. The summed E-state index contributed by atoms with van der Waals surface area (Å²) in [4.78, 5) is 31.0. The van der Waals surface area contributed by atoms with E-state index >= 15 is 0 Å². The molecule has 29 heavy (non-hydrogen) atoms. The van der Waals surface area contributed by atoms with Crippen molar-refractivity contribution in [2.45, 2.75) is 6.04 Å². The van der Waals surface area contributed by atoms with Gasteiger partial charge in [-0.05, 0) is 54.1 Å². The Morgan fingerprint density at radius 1 is 0.966 bits per heavy atom. The lowest BCUT2D eigenvalue weighted by Gasteiger charge is -2.25. The summed E-state index contributed by atoms with van der Waals surface area (Å²) < 4.78 is 14.2. The van der Waals surface area contributed by atoms with Crippen LogP contribution in [0.15, 0.2) is 83.1 Å². The van der Waals surface area contributed by atoms with E-state index in [2.05, 4.69) is 20.9 Å². The molecule has 1 unspecified atom stereocenters. The fraction of sp³-hybridized carbons (Fsp3) is 0.0455. The molecular formula is C22H14BrFN2O3. The third-order valence-corrected chi connectivity index (χ3v) is 5.22. The van der Waals surface area contributed by atoms with Gasteiger partial charge in [-0.15, -0.1) is 0 Å². The standard InChI is InChI=1S/C22H14BrFN2O3/c23-15-3-1-14(2-4-15)20(27)18-19(13-9-11-25-12-10-13)26(22(29)21(18)28)17-7-5-16(24)6-8-17/h1-12,19,27H/b20-18-. The number of rotatable bonds is 3. The first-order valence-corrected chi connectivity index (χ1v) is 9.49. The van der Waals surface area contributed by atoms with Crippen LogP contribution in [0.4, 0.5) is 10.1 Å². The maximum absolute atomic E-state index is 13.4. The number of anilines is 1. The largest absolute Gasteiger partial charge is 0.507 e. The predicted octanol–water partition coefficient (Wildman–Crippen LogP) is 4.61. The number of carbonyl (C=O) groups is 2. The number of carbonyl (C=O) groups excluding carboxylic acids is 2. The Bertz CT molecular complexity index is 1110. The van der Waals surface area contributed by atoms with Gasteiger partial charge in [-0.2, -0.15) is 0 Å². The minimum Gasteiger partial charge on any atom is -0.507 e. The van der Waals surface area contributed by atoms with Gasteiger partial charge >= 0.3 is 0 Å². The van der Waals surface area contributed by atoms with Gasteiger partial charge in [-0.25, -0.2) is 4.39 Å². The highest BCUT2D eigenvalue weighted by molar-refractivity contribution is 9.10. The average Bonchev–Trinajstić information content (AvgIpc) is 3.00. The number of ketones is 1. The van der Waals surface area contributed by atoms with Crippen LogP contribution in [0.5, 0.6) is 0 Å². The summed E-state index contributed by atoms with van der Waals surface area (Å²) in [5, 5.41) is 10.9. The summed E-state index contributed by atoms with van der Waals surface area (Å²) >= 11 is 3.33. The van der Waals surface area contributed by atoms with Crippen LogP contribution in [-0.4, -0.2) is 21.8 Å². The van der Waals surface area contributed by atoms with Crippen molar-refractivity contribution in [3.05, 3.63) is 100 Å². The van der Waals surface area contributed by atoms with Gasteiger partial charge in [-0.3, -0.25) is 19.5 Å². The molecule has 144 valence electrons. The number of hydrogen-bond acceptors (Lipinski definition) is 4. The lowest BCUT2D eigenvalue weighted by Crippen LogP contribution is -2.29. The molecule has 1 N–H and O–H groups in total. The van der Waals surface area contributed by atoms with Crippen LogP contribution in [0.2, 0.25) is 0 Å². The van der Waals surface area contributed by atoms with Gasteiger partial charge in [0, 0.05) is 28.1 Å². The first-order chi connectivity index (χ1) is 14.0. The molecule has 7 heteroatoms. The summed E-state index contributed by atoms with van der Waals surface area (Å²) in [6.45, 7) is 0. The second-order valence-corrected chi connectivity index (χ2v) is 7.35. The topological polar surface area (TPSA) is 70.5 Å². The Balaban J connectivity index is 1.93. The van der Waals surface area contributed by atoms with Gasteiger partial charge in [-0.1, -0.05) is 28.1 Å². The van der Waals surface area contributed by atoms with Crippen LogP contribution in [0, 0.1) is 5.82 Å². The number of aromatic nitrogens is 1. The van der Waals surface area contributed by atoms with Crippen molar-refractivity contribution < 1.29 is 19.1 Å². The second kappa shape index (κ2) is 7.60. The molecule has 5 nitrogen and oxygen atoms in total. The molecule has 1 fully saturated rings. The molecule has 1 aromatic heterocycles. The lowest BCUT2D eigenvalue weighted by atomic mass is 9.96. The molecule has 3 aromatic rings. The molecule has 0 aliphatic carbocycles. The van der Waals surface area contributed by atoms with E-state index in [1.807, 2.05) is 0 Å². The van der Waals surface area contributed by atoms with Crippen molar-refractivity contribution in [3.8, 4) is 0 Å². The van der Waals surface area contributed by atoms with E-state index in [1.54, 1.807) is 48.8 Å². The zero-order valence-electron chi connectivity index (χ0n) is 14.9. The Morgan fingerprint density at radius 3 is 2.21 bits per heavy atom. The molecule has 2 aromatic carbocycles. The number of aliphatic hydroxyl groups excluding tert-OH is 1. The maximum atomic E-state index is 13.4. The van der Waals surface area contributed by atoms with Crippen LogP contribution < -0.4 is 4.90 Å². The summed E-state index contributed by atoms with van der Waals surface area (Å²) in [5.74, 6) is -2.34. The van der Waals surface area contributed by atoms with Crippen molar-refractivity contribution in [2.24, 2.45) is 0 Å². The first-order valence-electron chi connectivity index (χ1n) is 8.70. The predicted molar refractivity (Wildman–Crippen MR) is 110 cm³/mol. The van der Waals surface area contributed by atoms with Crippen molar-refractivity contribution >= 4 is 39.1 Å². The smallest absolute Gasteiger partial charge is 0.300 e. The van der Waals surface area contributed by atoms with Crippen molar-refractivity contribution in [1.29, 1.82) is 0 Å². The van der Waals surface area contributed by atoms with E-state index in [0.717, 1.165) is 4.47 Å². The number of amides is 1. The van der Waals surface area contributed by atoms with E-state index in [0.29, 0.717) is 16.8 Å². The highest BCUT2D eigenvalue weighted by atomic mass is 79.9. The van der Waals surface area contributed by atoms with Crippen LogP contribution in [0.3, 0.4) is 0 Å². The lowest BCUT2D eigenvalue weighted by molar-refractivity contribution is -0.132. The third-order valence-electron chi connectivity index (χ3n) is 4.69.